The number of methoxy groups -OCH3 is 2. The average Bonchev–Trinajstić information content (AvgIpc) is 4.03. The molecule has 294 valence electrons. The average molecular weight is 783 g/mol. The molecule has 2 unspecified atom stereocenters. The molecule has 0 aliphatic carbocycles. The number of carbonyl (C=O) groups excluding carboxylic acids is 2. The maximum Gasteiger partial charge on any atom is 0.338 e. The molecule has 0 saturated heterocycles. The summed E-state index contributed by atoms with van der Waals surface area (Å²) in [7, 11) is 2.75. The zero-order chi connectivity index (χ0) is 40.1. The van der Waals surface area contributed by atoms with Gasteiger partial charge in [-0.3, -0.25) is 0 Å². The third-order valence-electron chi connectivity index (χ3n) is 10.5. The lowest BCUT2D eigenvalue weighted by Gasteiger charge is -2.31. The molecule has 5 aliphatic heterocycles. The normalized spacial score (nSPS) is 17.6. The highest BCUT2D eigenvalue weighted by molar-refractivity contribution is 6.05. The maximum absolute atomic E-state index is 13.2. The van der Waals surface area contributed by atoms with Crippen LogP contribution in [-0.2, 0) is 19.1 Å². The fourth-order valence-corrected chi connectivity index (χ4v) is 7.65. The lowest BCUT2D eigenvalue weighted by atomic mass is 9.85. The number of ether oxygens (including phenoxy) is 10. The molecule has 58 heavy (non-hydrogen) atoms. The summed E-state index contributed by atoms with van der Waals surface area (Å²) < 4.78 is 55.7. The van der Waals surface area contributed by atoms with E-state index in [0.717, 1.165) is 55.8 Å². The van der Waals surface area contributed by atoms with Crippen molar-refractivity contribution in [3.63, 3.8) is 0 Å². The van der Waals surface area contributed by atoms with Crippen LogP contribution in [0.1, 0.15) is 58.1 Å². The molecule has 5 heterocycles. The van der Waals surface area contributed by atoms with Gasteiger partial charge in [0.05, 0.1) is 25.4 Å². The van der Waals surface area contributed by atoms with Crippen molar-refractivity contribution in [2.75, 3.05) is 34.6 Å². The van der Waals surface area contributed by atoms with E-state index in [9.17, 15) is 9.59 Å². The van der Waals surface area contributed by atoms with E-state index >= 15 is 0 Å². The van der Waals surface area contributed by atoms with Gasteiger partial charge >= 0.3 is 11.9 Å². The van der Waals surface area contributed by atoms with Gasteiger partial charge in [0.25, 0.3) is 0 Å². The Bertz CT molecular complexity index is 2570. The minimum atomic E-state index is -0.706. The second-order valence-corrected chi connectivity index (χ2v) is 14.1. The second-order valence-electron chi connectivity index (χ2n) is 14.1. The van der Waals surface area contributed by atoms with Crippen LogP contribution in [0.15, 0.2) is 102 Å². The molecule has 0 N–H and O–H groups in total. The van der Waals surface area contributed by atoms with Crippen LogP contribution in [-0.4, -0.2) is 46.5 Å². The van der Waals surface area contributed by atoms with E-state index in [4.69, 9.17) is 47.4 Å². The molecule has 5 aliphatic rings. The lowest BCUT2D eigenvalue weighted by Crippen LogP contribution is -2.24. The molecule has 0 radical (unpaired) electrons. The van der Waals surface area contributed by atoms with Gasteiger partial charge in [0.1, 0.15) is 11.5 Å². The van der Waals surface area contributed by atoms with Crippen LogP contribution in [0.5, 0.6) is 46.0 Å². The number of aryl methyl sites for hydroxylation is 2. The Labute approximate surface area is 334 Å². The van der Waals surface area contributed by atoms with Crippen molar-refractivity contribution in [3.8, 4) is 46.0 Å². The number of benzene rings is 5. The Kier molecular flexibility index (Phi) is 9.31. The first-order chi connectivity index (χ1) is 28.2. The van der Waals surface area contributed by atoms with Crippen molar-refractivity contribution in [1.29, 1.82) is 0 Å². The molecule has 12 nitrogen and oxygen atoms in total. The standard InChI is InChI=1S/C26H20O7.C20H18O5/c1-14-3-6-18-17(9-14)23(15-4-7-19-21(10-15)31-12-29-19)24(26(27)28-2)25(33-18)16-5-8-20-22(11-16)32-13-30-20;1-11-4-6-15-14(8-11)12(2)18(20(21)22-3)19(25-15)13-5-7-16-17(9-13)24-10-23-16/h3-11,25H,12-13H2,1-2H3;4-9,19H,10H2,1-3H3. The minimum Gasteiger partial charge on any atom is -0.480 e. The SMILES string of the molecule is COC(=O)C1=C(C)c2cc(C)ccc2OC1c1ccc2c(c1)OCO2.COC(=O)C1=C(c2ccc3c(c2)OCO3)c2cc(C)ccc2OC1c1ccc2c(c1)OCO2. The molecule has 5 aromatic carbocycles. The summed E-state index contributed by atoms with van der Waals surface area (Å²) >= 11 is 0. The van der Waals surface area contributed by atoms with Crippen molar-refractivity contribution in [1.82, 2.24) is 0 Å². The fraction of sp³-hybridized carbons (Fsp3) is 0.217. The number of hydrogen-bond acceptors (Lipinski definition) is 12. The zero-order valence-corrected chi connectivity index (χ0v) is 32.3. The monoisotopic (exact) mass is 782 g/mol. The van der Waals surface area contributed by atoms with Crippen molar-refractivity contribution in [3.05, 3.63) is 141 Å². The third-order valence-corrected chi connectivity index (χ3v) is 10.5. The van der Waals surface area contributed by atoms with Crippen LogP contribution in [0.2, 0.25) is 0 Å². The minimum absolute atomic E-state index is 0.161. The van der Waals surface area contributed by atoms with Crippen LogP contribution in [0.25, 0.3) is 11.1 Å². The van der Waals surface area contributed by atoms with Gasteiger partial charge in [-0.2, -0.15) is 0 Å². The molecule has 0 saturated carbocycles. The number of allylic oxidation sites excluding steroid dienone is 1. The highest BCUT2D eigenvalue weighted by atomic mass is 16.7. The van der Waals surface area contributed by atoms with Gasteiger partial charge in [-0.05, 0) is 92.6 Å². The number of fused-ring (bicyclic) bond motifs is 5. The van der Waals surface area contributed by atoms with Gasteiger partial charge in [0, 0.05) is 27.8 Å². The van der Waals surface area contributed by atoms with Gasteiger partial charge in [0.2, 0.25) is 20.4 Å². The summed E-state index contributed by atoms with van der Waals surface area (Å²) in [6.45, 7) is 6.46. The summed E-state index contributed by atoms with van der Waals surface area (Å²) in [5.74, 6) is 4.46. The van der Waals surface area contributed by atoms with Crippen LogP contribution >= 0.6 is 0 Å². The smallest absolute Gasteiger partial charge is 0.338 e. The van der Waals surface area contributed by atoms with Crippen LogP contribution in [0, 0.1) is 13.8 Å². The summed E-state index contributed by atoms with van der Waals surface area (Å²) in [6, 6.07) is 28.6. The molecular weight excluding hydrogens is 744 g/mol. The number of esters is 2. The molecule has 0 fully saturated rings. The first-order valence-corrected chi connectivity index (χ1v) is 18.6. The fourth-order valence-electron chi connectivity index (χ4n) is 7.65. The first-order valence-electron chi connectivity index (χ1n) is 18.6. The van der Waals surface area contributed by atoms with Gasteiger partial charge in [-0.25, -0.2) is 9.59 Å². The largest absolute Gasteiger partial charge is 0.480 e. The Hall–Kier alpha value is -7.08. The van der Waals surface area contributed by atoms with E-state index in [-0.39, 0.29) is 20.4 Å². The molecule has 2 atom stereocenters. The van der Waals surface area contributed by atoms with E-state index in [1.807, 2.05) is 112 Å². The predicted molar refractivity (Wildman–Crippen MR) is 209 cm³/mol. The van der Waals surface area contributed by atoms with Gasteiger partial charge in [0.15, 0.2) is 46.7 Å². The van der Waals surface area contributed by atoms with E-state index < -0.39 is 24.1 Å². The van der Waals surface area contributed by atoms with E-state index in [1.165, 1.54) is 14.2 Å². The van der Waals surface area contributed by atoms with Crippen molar-refractivity contribution >= 4 is 23.1 Å². The third kappa shape index (κ3) is 6.46. The molecule has 0 amide bonds. The summed E-state index contributed by atoms with van der Waals surface area (Å²) in [5, 5.41) is 0. The Morgan fingerprint density at radius 2 is 0.914 bits per heavy atom. The van der Waals surface area contributed by atoms with Gasteiger partial charge in [-0.1, -0.05) is 41.5 Å². The van der Waals surface area contributed by atoms with Gasteiger partial charge in [-0.15, -0.1) is 0 Å². The summed E-state index contributed by atoms with van der Waals surface area (Å²) in [5.41, 5.74) is 8.73. The van der Waals surface area contributed by atoms with Crippen LogP contribution in [0.3, 0.4) is 0 Å². The molecule has 5 aromatic rings. The van der Waals surface area contributed by atoms with E-state index in [1.54, 1.807) is 0 Å². The van der Waals surface area contributed by atoms with E-state index in [0.29, 0.717) is 51.4 Å². The molecule has 0 aromatic heterocycles. The summed E-state index contributed by atoms with van der Waals surface area (Å²) in [6.07, 6.45) is -1.26. The zero-order valence-electron chi connectivity index (χ0n) is 32.3. The van der Waals surface area contributed by atoms with E-state index in [2.05, 4.69) is 0 Å². The Morgan fingerprint density at radius 3 is 1.47 bits per heavy atom. The molecule has 0 bridgehead atoms. The van der Waals surface area contributed by atoms with Crippen molar-refractivity contribution in [2.45, 2.75) is 33.0 Å². The second kappa shape index (κ2) is 14.8. The molecule has 10 rings (SSSR count). The maximum atomic E-state index is 13.2. The van der Waals surface area contributed by atoms with Crippen molar-refractivity contribution in [2.24, 2.45) is 0 Å². The summed E-state index contributed by atoms with van der Waals surface area (Å²) in [4.78, 5) is 25.7. The Morgan fingerprint density at radius 1 is 0.483 bits per heavy atom. The number of carbonyl (C=O) groups is 2. The number of hydrogen-bond donors (Lipinski definition) is 0. The van der Waals surface area contributed by atoms with Gasteiger partial charge < -0.3 is 47.4 Å². The molecule has 12 heteroatoms. The lowest BCUT2D eigenvalue weighted by molar-refractivity contribution is -0.138. The molecular formula is C46H38O12. The molecule has 0 spiro atoms. The topological polar surface area (TPSA) is 126 Å². The van der Waals surface area contributed by atoms with Crippen LogP contribution < -0.4 is 37.9 Å². The number of rotatable bonds is 5. The van der Waals surface area contributed by atoms with Crippen LogP contribution in [0.4, 0.5) is 0 Å². The Balaban J connectivity index is 0.000000156. The predicted octanol–water partition coefficient (Wildman–Crippen LogP) is 8.36. The van der Waals surface area contributed by atoms with Crippen molar-refractivity contribution < 1.29 is 57.0 Å². The highest BCUT2D eigenvalue weighted by Gasteiger charge is 2.38. The quantitative estimate of drug-likeness (QED) is 0.159. The highest BCUT2D eigenvalue weighted by Crippen LogP contribution is 2.49. The first kappa shape index (κ1) is 36.6.